The standard InChI is InChI=1S/C18H22N2O2/c1-14(21)20-12-9-17(22)16(13-20)18(19-10-5-6-11-19)15-7-3-2-4-8-15/h2-4,7-8H,5-6,9-13H2,1H3/b18-16-. The minimum atomic E-state index is 0.0406. The summed E-state index contributed by atoms with van der Waals surface area (Å²) in [5.74, 6) is 0.224. The highest BCUT2D eigenvalue weighted by Gasteiger charge is 2.29. The molecule has 2 aliphatic rings. The molecule has 1 aromatic carbocycles. The molecule has 0 spiro atoms. The fraction of sp³-hybridized carbons (Fsp3) is 0.444. The fourth-order valence-electron chi connectivity index (χ4n) is 3.31. The molecule has 0 aromatic heterocycles. The van der Waals surface area contributed by atoms with Gasteiger partial charge in [0.2, 0.25) is 5.91 Å². The molecule has 0 aliphatic carbocycles. The zero-order valence-electron chi connectivity index (χ0n) is 13.0. The maximum Gasteiger partial charge on any atom is 0.219 e. The van der Waals surface area contributed by atoms with E-state index in [0.29, 0.717) is 19.5 Å². The van der Waals surface area contributed by atoms with Crippen molar-refractivity contribution in [3.05, 3.63) is 41.5 Å². The molecule has 0 saturated carbocycles. The average Bonchev–Trinajstić information content (AvgIpc) is 3.04. The van der Waals surface area contributed by atoms with Crippen LogP contribution in [0.15, 0.2) is 35.9 Å². The molecule has 1 aromatic rings. The monoisotopic (exact) mass is 298 g/mol. The average molecular weight is 298 g/mol. The van der Waals surface area contributed by atoms with E-state index in [0.717, 1.165) is 42.8 Å². The molecular weight excluding hydrogens is 276 g/mol. The summed E-state index contributed by atoms with van der Waals surface area (Å²) in [7, 11) is 0. The Morgan fingerprint density at radius 2 is 1.68 bits per heavy atom. The number of hydrogen-bond donors (Lipinski definition) is 0. The molecule has 1 amide bonds. The molecule has 2 aliphatic heterocycles. The molecule has 4 heteroatoms. The Morgan fingerprint density at radius 1 is 1.00 bits per heavy atom. The van der Waals surface area contributed by atoms with Gasteiger partial charge in [0.05, 0.1) is 12.2 Å². The number of carbonyl (C=O) groups excluding carboxylic acids is 2. The molecule has 0 N–H and O–H groups in total. The quantitative estimate of drug-likeness (QED) is 0.787. The first-order valence-corrected chi connectivity index (χ1v) is 7.99. The van der Waals surface area contributed by atoms with Crippen molar-refractivity contribution >= 4 is 17.4 Å². The van der Waals surface area contributed by atoms with Crippen molar-refractivity contribution in [2.45, 2.75) is 26.2 Å². The van der Waals surface area contributed by atoms with Crippen molar-refractivity contribution in [2.24, 2.45) is 0 Å². The first-order valence-electron chi connectivity index (χ1n) is 7.99. The lowest BCUT2D eigenvalue weighted by atomic mass is 9.96. The zero-order chi connectivity index (χ0) is 15.5. The first kappa shape index (κ1) is 14.8. The lowest BCUT2D eigenvalue weighted by Gasteiger charge is -2.32. The van der Waals surface area contributed by atoms with Gasteiger partial charge in [-0.2, -0.15) is 0 Å². The molecule has 2 heterocycles. The van der Waals surface area contributed by atoms with Gasteiger partial charge in [0.15, 0.2) is 5.78 Å². The number of hydrogen-bond acceptors (Lipinski definition) is 3. The van der Waals surface area contributed by atoms with Crippen LogP contribution < -0.4 is 0 Å². The van der Waals surface area contributed by atoms with Gasteiger partial charge in [-0.1, -0.05) is 30.3 Å². The van der Waals surface area contributed by atoms with Gasteiger partial charge in [-0.05, 0) is 18.4 Å². The maximum atomic E-state index is 12.5. The van der Waals surface area contributed by atoms with E-state index in [2.05, 4.69) is 17.0 Å². The number of amides is 1. The number of ketones is 1. The molecule has 3 rings (SSSR count). The van der Waals surface area contributed by atoms with Gasteiger partial charge in [0, 0.05) is 38.6 Å². The van der Waals surface area contributed by atoms with E-state index in [1.807, 2.05) is 18.2 Å². The summed E-state index contributed by atoms with van der Waals surface area (Å²) < 4.78 is 0. The van der Waals surface area contributed by atoms with E-state index >= 15 is 0 Å². The van der Waals surface area contributed by atoms with E-state index in [-0.39, 0.29) is 11.7 Å². The third kappa shape index (κ3) is 2.91. The number of rotatable bonds is 2. The smallest absolute Gasteiger partial charge is 0.219 e. The molecule has 0 bridgehead atoms. The lowest BCUT2D eigenvalue weighted by Crippen LogP contribution is -2.40. The highest BCUT2D eigenvalue weighted by atomic mass is 16.2. The van der Waals surface area contributed by atoms with Crippen molar-refractivity contribution in [1.82, 2.24) is 9.80 Å². The van der Waals surface area contributed by atoms with Gasteiger partial charge in [0.1, 0.15) is 0 Å². The molecule has 0 unspecified atom stereocenters. The molecule has 2 saturated heterocycles. The molecule has 0 radical (unpaired) electrons. The second-order valence-electron chi connectivity index (χ2n) is 6.00. The number of benzene rings is 1. The summed E-state index contributed by atoms with van der Waals surface area (Å²) in [5.41, 5.74) is 2.92. The molecule has 0 atom stereocenters. The van der Waals surface area contributed by atoms with Gasteiger partial charge in [-0.15, -0.1) is 0 Å². The second kappa shape index (κ2) is 6.34. The van der Waals surface area contributed by atoms with Crippen molar-refractivity contribution in [3.8, 4) is 0 Å². The lowest BCUT2D eigenvalue weighted by molar-refractivity contribution is -0.130. The van der Waals surface area contributed by atoms with Crippen molar-refractivity contribution in [2.75, 3.05) is 26.2 Å². The van der Waals surface area contributed by atoms with Gasteiger partial charge >= 0.3 is 0 Å². The maximum absolute atomic E-state index is 12.5. The van der Waals surface area contributed by atoms with Crippen molar-refractivity contribution in [1.29, 1.82) is 0 Å². The normalized spacial score (nSPS) is 21.2. The number of piperidine rings is 1. The van der Waals surface area contributed by atoms with E-state index in [1.54, 1.807) is 11.8 Å². The summed E-state index contributed by atoms with van der Waals surface area (Å²) in [6, 6.07) is 10.1. The van der Waals surface area contributed by atoms with Crippen LogP contribution in [0.4, 0.5) is 0 Å². The fourth-order valence-corrected chi connectivity index (χ4v) is 3.31. The Bertz CT molecular complexity index is 601. The highest BCUT2D eigenvalue weighted by molar-refractivity contribution is 6.04. The van der Waals surface area contributed by atoms with E-state index in [9.17, 15) is 9.59 Å². The van der Waals surface area contributed by atoms with Crippen LogP contribution in [0.3, 0.4) is 0 Å². The van der Waals surface area contributed by atoms with E-state index < -0.39 is 0 Å². The van der Waals surface area contributed by atoms with Gasteiger partial charge in [-0.3, -0.25) is 9.59 Å². The topological polar surface area (TPSA) is 40.6 Å². The number of likely N-dealkylation sites (tertiary alicyclic amines) is 2. The van der Waals surface area contributed by atoms with Gasteiger partial charge in [0.25, 0.3) is 0 Å². The minimum absolute atomic E-state index is 0.0406. The van der Waals surface area contributed by atoms with Crippen LogP contribution in [0.5, 0.6) is 0 Å². The van der Waals surface area contributed by atoms with E-state index in [4.69, 9.17) is 0 Å². The van der Waals surface area contributed by atoms with Crippen molar-refractivity contribution < 1.29 is 9.59 Å². The number of nitrogens with zero attached hydrogens (tertiary/aromatic N) is 2. The minimum Gasteiger partial charge on any atom is -0.371 e. The Morgan fingerprint density at radius 3 is 2.32 bits per heavy atom. The number of Topliss-reactive ketones (excluding diaryl/α,β-unsaturated/α-hetero) is 1. The summed E-state index contributed by atoms with van der Waals surface area (Å²) >= 11 is 0. The zero-order valence-corrected chi connectivity index (χ0v) is 13.0. The van der Waals surface area contributed by atoms with Crippen LogP contribution in [0.2, 0.25) is 0 Å². The SMILES string of the molecule is CC(=O)N1CCC(=O)/C(=C(/c2ccccc2)N2CCCC2)C1. The molecular formula is C18H22N2O2. The molecule has 22 heavy (non-hydrogen) atoms. The Labute approximate surface area is 131 Å². The Kier molecular flexibility index (Phi) is 4.27. The molecule has 116 valence electrons. The Hall–Kier alpha value is -2.10. The summed E-state index contributed by atoms with van der Waals surface area (Å²) in [4.78, 5) is 28.3. The van der Waals surface area contributed by atoms with Crippen LogP contribution in [-0.2, 0) is 9.59 Å². The van der Waals surface area contributed by atoms with Crippen LogP contribution >= 0.6 is 0 Å². The predicted molar refractivity (Wildman–Crippen MR) is 86.0 cm³/mol. The van der Waals surface area contributed by atoms with Crippen LogP contribution in [0.25, 0.3) is 5.70 Å². The number of carbonyl (C=O) groups is 2. The van der Waals surface area contributed by atoms with Gasteiger partial charge < -0.3 is 9.80 Å². The van der Waals surface area contributed by atoms with Gasteiger partial charge in [-0.25, -0.2) is 0 Å². The third-order valence-electron chi connectivity index (χ3n) is 4.50. The third-order valence-corrected chi connectivity index (χ3v) is 4.50. The molecule has 4 nitrogen and oxygen atoms in total. The molecule has 2 fully saturated rings. The largest absolute Gasteiger partial charge is 0.371 e. The summed E-state index contributed by atoms with van der Waals surface area (Å²) in [6.45, 7) is 4.53. The van der Waals surface area contributed by atoms with Crippen LogP contribution in [0.1, 0.15) is 31.7 Å². The second-order valence-corrected chi connectivity index (χ2v) is 6.00. The van der Waals surface area contributed by atoms with Crippen LogP contribution in [-0.4, -0.2) is 47.7 Å². The van der Waals surface area contributed by atoms with Crippen LogP contribution in [0, 0.1) is 0 Å². The highest BCUT2D eigenvalue weighted by Crippen LogP contribution is 2.30. The predicted octanol–water partition coefficient (Wildman–Crippen LogP) is 2.31. The van der Waals surface area contributed by atoms with Crippen molar-refractivity contribution in [3.63, 3.8) is 0 Å². The first-order chi connectivity index (χ1) is 10.7. The van der Waals surface area contributed by atoms with E-state index in [1.165, 1.54) is 0 Å². The Balaban J connectivity index is 2.05. The summed E-state index contributed by atoms with van der Waals surface area (Å²) in [6.07, 6.45) is 2.75. The summed E-state index contributed by atoms with van der Waals surface area (Å²) in [5, 5.41) is 0.